The van der Waals surface area contributed by atoms with Gasteiger partial charge in [-0.2, -0.15) is 5.26 Å². The summed E-state index contributed by atoms with van der Waals surface area (Å²) >= 11 is 5.88. The van der Waals surface area contributed by atoms with Crippen LogP contribution in [0.25, 0.3) is 0 Å². The van der Waals surface area contributed by atoms with Gasteiger partial charge in [0.1, 0.15) is 5.84 Å². The number of hydrogen-bond acceptors (Lipinski definition) is 4. The van der Waals surface area contributed by atoms with Gasteiger partial charge in [-0.15, -0.1) is 5.11 Å². The Labute approximate surface area is 168 Å². The monoisotopic (exact) mass is 388 g/mol. The number of nitriles is 1. The van der Waals surface area contributed by atoms with Gasteiger partial charge < -0.3 is 5.73 Å². The molecule has 3 rings (SSSR count). The van der Waals surface area contributed by atoms with Crippen LogP contribution in [0.4, 0.5) is 11.4 Å². The van der Waals surface area contributed by atoms with E-state index in [1.165, 1.54) is 0 Å². The van der Waals surface area contributed by atoms with Gasteiger partial charge in [-0.3, -0.25) is 10.4 Å². The number of amidine groups is 1. The first-order valence-electron chi connectivity index (χ1n) is 8.46. The summed E-state index contributed by atoms with van der Waals surface area (Å²) < 4.78 is 0. The van der Waals surface area contributed by atoms with Gasteiger partial charge in [0.25, 0.3) is 0 Å². The maximum atomic E-state index is 8.78. The lowest BCUT2D eigenvalue weighted by atomic mass is 10.2. The molecule has 7 heteroatoms. The molecule has 0 saturated heterocycles. The summed E-state index contributed by atoms with van der Waals surface area (Å²) in [4.78, 5) is 4.40. The van der Waals surface area contributed by atoms with E-state index in [2.05, 4.69) is 26.8 Å². The molecule has 0 spiro atoms. The molecule has 0 heterocycles. The van der Waals surface area contributed by atoms with Crippen molar-refractivity contribution in [3.63, 3.8) is 0 Å². The molecule has 0 aromatic heterocycles. The van der Waals surface area contributed by atoms with E-state index in [9.17, 15) is 0 Å². The molecule has 3 aromatic rings. The van der Waals surface area contributed by atoms with Gasteiger partial charge in [-0.1, -0.05) is 29.0 Å². The third kappa shape index (κ3) is 5.40. The van der Waals surface area contributed by atoms with E-state index in [-0.39, 0.29) is 0 Å². The van der Waals surface area contributed by atoms with Crippen molar-refractivity contribution in [3.8, 4) is 6.07 Å². The summed E-state index contributed by atoms with van der Waals surface area (Å²) in [7, 11) is 0. The second-order valence-corrected chi connectivity index (χ2v) is 6.31. The van der Waals surface area contributed by atoms with Crippen molar-refractivity contribution in [2.45, 2.75) is 6.54 Å². The van der Waals surface area contributed by atoms with Crippen LogP contribution in [0.3, 0.4) is 0 Å². The lowest BCUT2D eigenvalue weighted by Gasteiger charge is -2.03. The molecule has 0 saturated carbocycles. The van der Waals surface area contributed by atoms with Crippen LogP contribution < -0.4 is 11.2 Å². The van der Waals surface area contributed by atoms with Crippen LogP contribution in [0, 0.1) is 11.3 Å². The number of nitrogens with two attached hydrogens (primary N) is 1. The Hall–Kier alpha value is -3.69. The molecule has 138 valence electrons. The zero-order chi connectivity index (χ0) is 19.8. The highest BCUT2D eigenvalue weighted by atomic mass is 35.5. The fraction of sp³-hybridized carbons (Fsp3) is 0.0476. The van der Waals surface area contributed by atoms with Crippen molar-refractivity contribution in [3.05, 3.63) is 94.5 Å². The van der Waals surface area contributed by atoms with E-state index < -0.39 is 0 Å². The number of aliphatic imine (C=N–C) groups is 1. The predicted molar refractivity (Wildman–Crippen MR) is 112 cm³/mol. The van der Waals surface area contributed by atoms with Gasteiger partial charge in [0.05, 0.1) is 29.6 Å². The third-order valence-electron chi connectivity index (χ3n) is 3.87. The molecule has 0 aliphatic rings. The zero-order valence-corrected chi connectivity index (χ0v) is 15.6. The Bertz CT molecular complexity index is 1020. The first-order valence-corrected chi connectivity index (χ1v) is 8.83. The molecule has 28 heavy (non-hydrogen) atoms. The van der Waals surface area contributed by atoms with Crippen molar-refractivity contribution in [1.29, 1.82) is 5.26 Å². The van der Waals surface area contributed by atoms with Gasteiger partial charge >= 0.3 is 0 Å². The van der Waals surface area contributed by atoms with Crippen molar-refractivity contribution in [2.24, 2.45) is 21.1 Å². The molecule has 0 aliphatic carbocycles. The van der Waals surface area contributed by atoms with Crippen molar-refractivity contribution >= 4 is 28.8 Å². The quantitative estimate of drug-likeness (QED) is 0.262. The summed E-state index contributed by atoms with van der Waals surface area (Å²) in [6.45, 7) is 0.485. The van der Waals surface area contributed by atoms with Crippen molar-refractivity contribution in [2.75, 3.05) is 5.43 Å². The molecule has 0 aliphatic heterocycles. The van der Waals surface area contributed by atoms with Gasteiger partial charge in [0.15, 0.2) is 0 Å². The van der Waals surface area contributed by atoms with Gasteiger partial charge in [-0.05, 0) is 66.2 Å². The summed E-state index contributed by atoms with van der Waals surface area (Å²) in [6, 6.07) is 23.8. The van der Waals surface area contributed by atoms with Crippen LogP contribution in [0.1, 0.15) is 16.7 Å². The van der Waals surface area contributed by atoms with Crippen molar-refractivity contribution < 1.29 is 0 Å². The molecular formula is C21H17ClN6. The van der Waals surface area contributed by atoms with Crippen LogP contribution in [0.5, 0.6) is 0 Å². The molecule has 0 fully saturated rings. The molecule has 0 atom stereocenters. The lowest BCUT2D eigenvalue weighted by Crippen LogP contribution is -2.13. The highest BCUT2D eigenvalue weighted by molar-refractivity contribution is 6.30. The molecule has 6 nitrogen and oxygen atoms in total. The molecule has 3 aromatic carbocycles. The largest absolute Gasteiger partial charge is 0.383 e. The van der Waals surface area contributed by atoms with E-state index in [0.717, 1.165) is 16.8 Å². The second-order valence-electron chi connectivity index (χ2n) is 5.88. The first-order chi connectivity index (χ1) is 13.6. The Morgan fingerprint density at radius 2 is 1.64 bits per heavy atom. The minimum absolute atomic E-state index is 0.453. The predicted octanol–water partition coefficient (Wildman–Crippen LogP) is 5.23. The standard InChI is InChI=1S/C21H17ClN6/c22-18-7-1-16(2-8-18)14-25-21(24)17-5-11-20(12-6-17)27-28-26-19-9-3-15(13-23)4-10-19/h1-12H,14H2,(H2,24,25)(H,26,27). The Balaban J connectivity index is 1.58. The Morgan fingerprint density at radius 3 is 2.29 bits per heavy atom. The molecule has 0 amide bonds. The molecule has 3 N–H and O–H groups in total. The number of rotatable bonds is 6. The fourth-order valence-electron chi connectivity index (χ4n) is 2.32. The number of hydrogen-bond donors (Lipinski definition) is 2. The minimum atomic E-state index is 0.453. The number of nitrogens with one attached hydrogen (secondary N) is 1. The SMILES string of the molecule is N#Cc1ccc(NN=Nc2ccc(C(N)=NCc3ccc(Cl)cc3)cc2)cc1. The van der Waals surface area contributed by atoms with Crippen molar-refractivity contribution in [1.82, 2.24) is 0 Å². The van der Waals surface area contributed by atoms with E-state index in [4.69, 9.17) is 22.6 Å². The Kier molecular flexibility index (Phi) is 6.34. The van der Waals surface area contributed by atoms with Gasteiger partial charge in [0, 0.05) is 10.6 Å². The van der Waals surface area contributed by atoms with Gasteiger partial charge in [0.2, 0.25) is 0 Å². The maximum Gasteiger partial charge on any atom is 0.125 e. The smallest absolute Gasteiger partial charge is 0.125 e. The average molecular weight is 389 g/mol. The van der Waals surface area contributed by atoms with Crippen LogP contribution >= 0.6 is 11.6 Å². The van der Waals surface area contributed by atoms with E-state index >= 15 is 0 Å². The van der Waals surface area contributed by atoms with Crippen LogP contribution in [0.15, 0.2) is 88.1 Å². The molecule has 0 unspecified atom stereocenters. The van der Waals surface area contributed by atoms with Crippen LogP contribution in [0.2, 0.25) is 5.02 Å². The summed E-state index contributed by atoms with van der Waals surface area (Å²) in [5.41, 5.74) is 12.7. The molecular weight excluding hydrogens is 372 g/mol. The fourth-order valence-corrected chi connectivity index (χ4v) is 2.44. The van der Waals surface area contributed by atoms with Gasteiger partial charge in [-0.25, -0.2) is 0 Å². The number of anilines is 1. The second kappa shape index (κ2) is 9.31. The molecule has 0 bridgehead atoms. The van der Waals surface area contributed by atoms with Crippen LogP contribution in [-0.2, 0) is 6.54 Å². The zero-order valence-electron chi connectivity index (χ0n) is 14.9. The van der Waals surface area contributed by atoms with E-state index in [1.807, 2.05) is 48.5 Å². The topological polar surface area (TPSA) is 98.9 Å². The third-order valence-corrected chi connectivity index (χ3v) is 4.12. The maximum absolute atomic E-state index is 8.78. The highest BCUT2D eigenvalue weighted by Crippen LogP contribution is 2.15. The minimum Gasteiger partial charge on any atom is -0.383 e. The number of halogens is 1. The number of nitrogens with zero attached hydrogens (tertiary/aromatic N) is 4. The Morgan fingerprint density at radius 1 is 0.964 bits per heavy atom. The highest BCUT2D eigenvalue weighted by Gasteiger charge is 2.00. The first kappa shape index (κ1) is 19.1. The molecule has 0 radical (unpaired) electrons. The summed E-state index contributed by atoms with van der Waals surface area (Å²) in [6.07, 6.45) is 0. The van der Waals surface area contributed by atoms with E-state index in [0.29, 0.717) is 28.7 Å². The normalized spacial score (nSPS) is 11.4. The number of benzene rings is 3. The average Bonchev–Trinajstić information content (AvgIpc) is 2.74. The van der Waals surface area contributed by atoms with E-state index in [1.54, 1.807) is 24.3 Å². The lowest BCUT2D eigenvalue weighted by molar-refractivity contribution is 1.06. The summed E-state index contributed by atoms with van der Waals surface area (Å²) in [5, 5.41) is 17.5. The summed E-state index contributed by atoms with van der Waals surface area (Å²) in [5.74, 6) is 0.453. The van der Waals surface area contributed by atoms with Crippen LogP contribution in [-0.4, -0.2) is 5.84 Å².